The van der Waals surface area contributed by atoms with Crippen LogP contribution in [0.1, 0.15) is 31.8 Å². The molecular weight excluding hydrogens is 299 g/mol. The Morgan fingerprint density at radius 2 is 1.78 bits per heavy atom. The molecular formula is C16H13BO6. The lowest BCUT2D eigenvalue weighted by atomic mass is 10.0. The molecule has 2 aromatic carbocycles. The lowest BCUT2D eigenvalue weighted by Gasteiger charge is -2.22. The highest BCUT2D eigenvalue weighted by atomic mass is 16.8. The highest BCUT2D eigenvalue weighted by molar-refractivity contribution is 6.43. The van der Waals surface area contributed by atoms with E-state index in [0.29, 0.717) is 11.3 Å². The molecule has 3 rings (SSSR count). The van der Waals surface area contributed by atoms with Crippen LogP contribution < -0.4 is 9.31 Å². The van der Waals surface area contributed by atoms with Crippen molar-refractivity contribution in [2.24, 2.45) is 0 Å². The number of carboxylic acid groups (broad SMARTS) is 1. The summed E-state index contributed by atoms with van der Waals surface area (Å²) in [7, 11) is -1.33. The van der Waals surface area contributed by atoms with Gasteiger partial charge in [0.05, 0.1) is 5.56 Å². The number of hydrogen-bond acceptors (Lipinski definition) is 5. The van der Waals surface area contributed by atoms with Crippen LogP contribution in [0.25, 0.3) is 0 Å². The number of hydrogen-bond donors (Lipinski definition) is 1. The lowest BCUT2D eigenvalue weighted by molar-refractivity contribution is 0.0627. The smallest absolute Gasteiger partial charge is 0.489 e. The second-order valence-electron chi connectivity index (χ2n) is 5.23. The first kappa shape index (κ1) is 15.0. The third-order valence-electron chi connectivity index (χ3n) is 3.37. The summed E-state index contributed by atoms with van der Waals surface area (Å²) in [5.41, 5.74) is 1.96. The topological polar surface area (TPSA) is 82.1 Å². The van der Waals surface area contributed by atoms with E-state index >= 15 is 0 Å². The van der Waals surface area contributed by atoms with Gasteiger partial charge in [-0.15, -0.1) is 0 Å². The molecule has 0 bridgehead atoms. The van der Waals surface area contributed by atoms with Crippen LogP contribution in [0.5, 0.6) is 11.5 Å². The van der Waals surface area contributed by atoms with E-state index in [1.165, 1.54) is 12.1 Å². The van der Waals surface area contributed by atoms with Gasteiger partial charge in [0.2, 0.25) is 0 Å². The fourth-order valence-corrected chi connectivity index (χ4v) is 2.25. The van der Waals surface area contributed by atoms with Crippen LogP contribution in [0.15, 0.2) is 36.4 Å². The minimum Gasteiger partial charge on any atom is -0.489 e. The number of carboxylic acids is 1. The minimum atomic E-state index is -1.33. The monoisotopic (exact) mass is 312 g/mol. The summed E-state index contributed by atoms with van der Waals surface area (Å²) in [4.78, 5) is 23.3. The second-order valence-corrected chi connectivity index (χ2v) is 5.23. The first-order chi connectivity index (χ1) is 10.9. The first-order valence-electron chi connectivity index (χ1n) is 6.93. The van der Waals surface area contributed by atoms with E-state index in [0.717, 1.165) is 11.1 Å². The van der Waals surface area contributed by atoms with Gasteiger partial charge in [0, 0.05) is 0 Å². The summed E-state index contributed by atoms with van der Waals surface area (Å²) in [6.45, 7) is 3.62. The summed E-state index contributed by atoms with van der Waals surface area (Å²) in [6.07, 6.45) is 0. The minimum absolute atomic E-state index is 0.0284. The Labute approximate surface area is 132 Å². The average Bonchev–Trinajstić information content (AvgIpc) is 2.50. The van der Waals surface area contributed by atoms with E-state index in [-0.39, 0.29) is 11.3 Å². The molecule has 0 atom stereocenters. The Kier molecular flexibility index (Phi) is 3.69. The van der Waals surface area contributed by atoms with Gasteiger partial charge in [-0.2, -0.15) is 0 Å². The van der Waals surface area contributed by atoms with Gasteiger partial charge >= 0.3 is 19.3 Å². The molecule has 0 radical (unpaired) electrons. The van der Waals surface area contributed by atoms with Crippen molar-refractivity contribution in [3.8, 4) is 11.5 Å². The van der Waals surface area contributed by atoms with E-state index in [1.807, 2.05) is 6.92 Å². The van der Waals surface area contributed by atoms with E-state index in [9.17, 15) is 14.7 Å². The Morgan fingerprint density at radius 1 is 1.09 bits per heavy atom. The summed E-state index contributed by atoms with van der Waals surface area (Å²) < 4.78 is 15.9. The van der Waals surface area contributed by atoms with Crippen LogP contribution in [-0.2, 0) is 4.65 Å². The van der Waals surface area contributed by atoms with E-state index in [1.54, 1.807) is 31.2 Å². The number of rotatable bonds is 3. The van der Waals surface area contributed by atoms with Crippen molar-refractivity contribution in [3.63, 3.8) is 0 Å². The number of aryl methyl sites for hydroxylation is 2. The molecule has 1 N–H and O–H groups in total. The summed E-state index contributed by atoms with van der Waals surface area (Å²) in [6, 6.07) is 9.77. The highest BCUT2D eigenvalue weighted by Crippen LogP contribution is 2.28. The number of aromatic carboxylic acids is 1. The van der Waals surface area contributed by atoms with Crippen molar-refractivity contribution in [2.45, 2.75) is 13.8 Å². The molecule has 1 aliphatic heterocycles. The van der Waals surface area contributed by atoms with Crippen molar-refractivity contribution in [3.05, 3.63) is 58.7 Å². The second kappa shape index (κ2) is 5.68. The fourth-order valence-electron chi connectivity index (χ4n) is 2.25. The van der Waals surface area contributed by atoms with Gasteiger partial charge in [0.1, 0.15) is 17.1 Å². The molecule has 0 unspecified atom stereocenters. The molecule has 0 spiro atoms. The Hall–Kier alpha value is -2.96. The normalized spacial score (nSPS) is 13.0. The summed E-state index contributed by atoms with van der Waals surface area (Å²) >= 11 is 0. The largest absolute Gasteiger partial charge is 0.866 e. The molecule has 2 aromatic rings. The fraction of sp³-hybridized carbons (Fsp3) is 0.125. The number of fused-ring (bicyclic) bond motifs is 1. The Bertz CT molecular complexity index is 801. The number of carbonyl (C=O) groups is 2. The van der Waals surface area contributed by atoms with Gasteiger partial charge in [-0.1, -0.05) is 23.3 Å². The van der Waals surface area contributed by atoms with Gasteiger partial charge in [0.15, 0.2) is 0 Å². The summed E-state index contributed by atoms with van der Waals surface area (Å²) in [5, 5.41) is 9.23. The van der Waals surface area contributed by atoms with Crippen LogP contribution in [0.4, 0.5) is 0 Å². The number of benzene rings is 2. The maximum Gasteiger partial charge on any atom is 0.866 e. The third kappa shape index (κ3) is 2.99. The molecule has 0 aliphatic carbocycles. The van der Waals surface area contributed by atoms with Crippen molar-refractivity contribution in [1.82, 2.24) is 0 Å². The maximum absolute atomic E-state index is 12.0. The zero-order valence-corrected chi connectivity index (χ0v) is 12.5. The Morgan fingerprint density at radius 3 is 2.52 bits per heavy atom. The van der Waals surface area contributed by atoms with Crippen molar-refractivity contribution >= 4 is 19.3 Å². The molecule has 0 aromatic heterocycles. The molecule has 116 valence electrons. The quantitative estimate of drug-likeness (QED) is 0.877. The Balaban J connectivity index is 1.87. The van der Waals surface area contributed by atoms with E-state index < -0.39 is 19.3 Å². The van der Waals surface area contributed by atoms with E-state index in [4.69, 9.17) is 14.0 Å². The number of carbonyl (C=O) groups excluding carboxylic acids is 1. The first-order valence-corrected chi connectivity index (χ1v) is 6.93. The average molecular weight is 312 g/mol. The van der Waals surface area contributed by atoms with Crippen molar-refractivity contribution in [2.75, 3.05) is 0 Å². The molecule has 1 heterocycles. The van der Waals surface area contributed by atoms with Crippen LogP contribution in [-0.4, -0.2) is 24.4 Å². The zero-order chi connectivity index (χ0) is 16.6. The van der Waals surface area contributed by atoms with Crippen LogP contribution in [0.2, 0.25) is 0 Å². The molecule has 1 aliphatic rings. The molecule has 0 saturated heterocycles. The molecule has 23 heavy (non-hydrogen) atoms. The predicted octanol–water partition coefficient (Wildman–Crippen LogP) is 2.61. The van der Waals surface area contributed by atoms with Crippen LogP contribution >= 0.6 is 0 Å². The zero-order valence-electron chi connectivity index (χ0n) is 12.5. The molecule has 7 heteroatoms. The van der Waals surface area contributed by atoms with Gasteiger partial charge in [-0.25, -0.2) is 9.59 Å². The van der Waals surface area contributed by atoms with Gasteiger partial charge in [0.25, 0.3) is 0 Å². The summed E-state index contributed by atoms with van der Waals surface area (Å²) in [5.74, 6) is -1.32. The third-order valence-corrected chi connectivity index (χ3v) is 3.37. The van der Waals surface area contributed by atoms with Gasteiger partial charge in [-0.05, 0) is 38.1 Å². The molecule has 0 amide bonds. The standard InChI is InChI=1S/C16H13BO6/c1-9-3-5-13(11(7-9)15(18)19)21-17-22-14-6-4-10(2)8-12(14)16(20)23-17/h3-8H,1-2H3,(H,18,19). The maximum atomic E-state index is 12.0. The molecule has 0 fully saturated rings. The highest BCUT2D eigenvalue weighted by Gasteiger charge is 2.39. The molecule has 0 saturated carbocycles. The van der Waals surface area contributed by atoms with Gasteiger partial charge < -0.3 is 19.1 Å². The predicted molar refractivity (Wildman–Crippen MR) is 81.7 cm³/mol. The van der Waals surface area contributed by atoms with Gasteiger partial charge in [-0.3, -0.25) is 0 Å². The van der Waals surface area contributed by atoms with Crippen molar-refractivity contribution in [1.29, 1.82) is 0 Å². The van der Waals surface area contributed by atoms with Crippen molar-refractivity contribution < 1.29 is 28.7 Å². The lowest BCUT2D eigenvalue weighted by Crippen LogP contribution is -2.40. The van der Waals surface area contributed by atoms with Crippen LogP contribution in [0.3, 0.4) is 0 Å². The molecule has 6 nitrogen and oxygen atoms in total. The van der Waals surface area contributed by atoms with Crippen LogP contribution in [0, 0.1) is 13.8 Å². The SMILES string of the molecule is Cc1ccc(OB2OC(=O)c3cc(C)ccc3O2)c(C(=O)O)c1. The van der Waals surface area contributed by atoms with E-state index in [2.05, 4.69) is 0 Å².